The summed E-state index contributed by atoms with van der Waals surface area (Å²) in [6.45, 7) is 4.19. The summed E-state index contributed by atoms with van der Waals surface area (Å²) in [5.74, 6) is -0.824. The van der Waals surface area contributed by atoms with Crippen molar-refractivity contribution in [1.29, 1.82) is 0 Å². The van der Waals surface area contributed by atoms with Gasteiger partial charge in [-0.25, -0.2) is 0 Å². The Kier molecular flexibility index (Phi) is 6.34. The van der Waals surface area contributed by atoms with Gasteiger partial charge in [0, 0.05) is 23.9 Å². The monoisotopic (exact) mass is 508 g/mol. The predicted octanol–water partition coefficient (Wildman–Crippen LogP) is 5.80. The Bertz CT molecular complexity index is 1160. The smallest absolute Gasteiger partial charge is 0.261 e. The van der Waals surface area contributed by atoms with Crippen LogP contribution in [0.2, 0.25) is 0 Å². The molecule has 0 aromatic heterocycles. The number of benzene rings is 2. The highest BCUT2D eigenvalue weighted by Gasteiger charge is 2.37. The Hall–Kier alpha value is -3.06. The highest BCUT2D eigenvalue weighted by Crippen LogP contribution is 2.37. The standard InChI is InChI=1S/C26H25BrN2O4/c1-26(2)14-20(28-17-11-9-16(27)10-12-17)23(22(31)15-26)21(30)8-5-13-29-24(32)18-6-3-4-7-19(18)25(29)33/h3-4,6-7,9-12,30H,5,8,13-15H2,1-2H3. The lowest BCUT2D eigenvalue weighted by Gasteiger charge is -2.31. The fourth-order valence-corrected chi connectivity index (χ4v) is 4.62. The number of carbonyl (C=O) groups excluding carboxylic acids is 3. The molecule has 4 rings (SSSR count). The summed E-state index contributed by atoms with van der Waals surface area (Å²) < 4.78 is 0.929. The van der Waals surface area contributed by atoms with Gasteiger partial charge in [-0.15, -0.1) is 0 Å². The number of aliphatic hydroxyl groups is 1. The van der Waals surface area contributed by atoms with Gasteiger partial charge in [0.1, 0.15) is 5.76 Å². The van der Waals surface area contributed by atoms with Crippen molar-refractivity contribution in [2.45, 2.75) is 39.5 Å². The van der Waals surface area contributed by atoms with Crippen LogP contribution in [0.25, 0.3) is 0 Å². The van der Waals surface area contributed by atoms with Gasteiger partial charge >= 0.3 is 0 Å². The van der Waals surface area contributed by atoms with E-state index in [1.54, 1.807) is 24.3 Å². The number of hydrogen-bond acceptors (Lipinski definition) is 5. The third kappa shape index (κ3) is 4.83. The second-order valence-electron chi connectivity index (χ2n) is 9.21. The lowest BCUT2D eigenvalue weighted by molar-refractivity contribution is -0.117. The van der Waals surface area contributed by atoms with E-state index in [4.69, 9.17) is 0 Å². The van der Waals surface area contributed by atoms with Gasteiger partial charge in [-0.3, -0.25) is 24.3 Å². The minimum absolute atomic E-state index is 0.0389. The fraction of sp³-hybridized carbons (Fsp3) is 0.308. The van der Waals surface area contributed by atoms with Crippen LogP contribution < -0.4 is 0 Å². The number of nitrogens with zero attached hydrogens (tertiary/aromatic N) is 2. The van der Waals surface area contributed by atoms with Crippen molar-refractivity contribution in [1.82, 2.24) is 4.90 Å². The number of hydrogen-bond donors (Lipinski definition) is 1. The van der Waals surface area contributed by atoms with Crippen molar-refractivity contribution in [3.63, 3.8) is 0 Å². The van der Waals surface area contributed by atoms with Crippen LogP contribution in [0.15, 0.2) is 69.3 Å². The molecule has 0 radical (unpaired) electrons. The zero-order chi connectivity index (χ0) is 23.8. The molecule has 0 saturated heterocycles. The molecule has 2 amide bonds. The largest absolute Gasteiger partial charge is 0.511 e. The van der Waals surface area contributed by atoms with E-state index in [1.807, 2.05) is 38.1 Å². The Morgan fingerprint density at radius 3 is 2.21 bits per heavy atom. The van der Waals surface area contributed by atoms with Crippen molar-refractivity contribution < 1.29 is 19.5 Å². The molecule has 1 aliphatic carbocycles. The molecule has 2 aromatic rings. The second-order valence-corrected chi connectivity index (χ2v) is 10.1. The first-order chi connectivity index (χ1) is 15.7. The molecule has 1 aliphatic heterocycles. The van der Waals surface area contributed by atoms with Crippen LogP contribution >= 0.6 is 15.9 Å². The molecule has 170 valence electrons. The number of amides is 2. The van der Waals surface area contributed by atoms with E-state index in [1.165, 1.54) is 4.90 Å². The van der Waals surface area contributed by atoms with E-state index < -0.39 is 0 Å². The number of halogens is 1. The molecule has 7 heteroatoms. The third-order valence-electron chi connectivity index (χ3n) is 5.91. The maximum atomic E-state index is 13.0. The molecule has 1 N–H and O–H groups in total. The van der Waals surface area contributed by atoms with Crippen molar-refractivity contribution >= 4 is 44.9 Å². The summed E-state index contributed by atoms with van der Waals surface area (Å²) in [6, 6.07) is 14.2. The van der Waals surface area contributed by atoms with E-state index in [2.05, 4.69) is 20.9 Å². The van der Waals surface area contributed by atoms with Gasteiger partial charge in [-0.1, -0.05) is 41.9 Å². The average Bonchev–Trinajstić information content (AvgIpc) is 2.99. The fourth-order valence-electron chi connectivity index (χ4n) is 4.35. The molecule has 1 saturated carbocycles. The van der Waals surface area contributed by atoms with E-state index in [0.29, 0.717) is 41.8 Å². The highest BCUT2D eigenvalue weighted by molar-refractivity contribution is 9.10. The molecule has 2 aliphatic rings. The van der Waals surface area contributed by atoms with Gasteiger partial charge in [0.05, 0.1) is 28.1 Å². The Balaban J connectivity index is 1.53. The van der Waals surface area contributed by atoms with E-state index in [0.717, 1.165) is 4.47 Å². The zero-order valence-corrected chi connectivity index (χ0v) is 20.2. The first-order valence-corrected chi connectivity index (χ1v) is 11.7. The molecule has 1 fully saturated rings. The van der Waals surface area contributed by atoms with E-state index in [-0.39, 0.29) is 47.3 Å². The maximum Gasteiger partial charge on any atom is 0.261 e. The summed E-state index contributed by atoms with van der Waals surface area (Å²) >= 11 is 3.40. The van der Waals surface area contributed by atoms with Crippen LogP contribution in [0, 0.1) is 5.41 Å². The molecule has 0 spiro atoms. The van der Waals surface area contributed by atoms with Crippen molar-refractivity contribution in [3.8, 4) is 0 Å². The lowest BCUT2D eigenvalue weighted by Crippen LogP contribution is -2.33. The Labute approximate surface area is 201 Å². The first kappa shape index (κ1) is 23.1. The average molecular weight is 509 g/mol. The maximum absolute atomic E-state index is 13.0. The van der Waals surface area contributed by atoms with Crippen LogP contribution in [0.5, 0.6) is 0 Å². The molecule has 6 nitrogen and oxygen atoms in total. The predicted molar refractivity (Wildman–Crippen MR) is 130 cm³/mol. The molecule has 33 heavy (non-hydrogen) atoms. The highest BCUT2D eigenvalue weighted by atomic mass is 79.9. The van der Waals surface area contributed by atoms with Gasteiger partial charge in [-0.2, -0.15) is 0 Å². The molecule has 0 atom stereocenters. The van der Waals surface area contributed by atoms with Crippen LogP contribution in [0.4, 0.5) is 5.69 Å². The Morgan fingerprint density at radius 1 is 1.00 bits per heavy atom. The molecule has 0 bridgehead atoms. The van der Waals surface area contributed by atoms with Crippen LogP contribution in [0.1, 0.15) is 60.2 Å². The minimum Gasteiger partial charge on any atom is -0.511 e. The van der Waals surface area contributed by atoms with Crippen LogP contribution in [-0.2, 0) is 4.79 Å². The number of rotatable bonds is 5. The number of carbonyl (C=O) groups is 3. The molecule has 1 heterocycles. The van der Waals surface area contributed by atoms with Gasteiger partial charge in [0.15, 0.2) is 5.78 Å². The SMILES string of the molecule is CC1(C)CC(=O)C(=C(O)CCCN2C(=O)c3ccccc3C2=O)C(=Nc2ccc(Br)cc2)C1. The number of allylic oxidation sites excluding steroid dienone is 2. The Morgan fingerprint density at radius 2 is 1.61 bits per heavy atom. The van der Waals surface area contributed by atoms with E-state index in [9.17, 15) is 19.5 Å². The number of Topliss-reactive ketones (excluding diaryl/α,β-unsaturated/α-hetero) is 1. The summed E-state index contributed by atoms with van der Waals surface area (Å²) in [4.78, 5) is 43.9. The van der Waals surface area contributed by atoms with Crippen molar-refractivity contribution in [2.24, 2.45) is 10.4 Å². The lowest BCUT2D eigenvalue weighted by atomic mass is 9.73. The van der Waals surface area contributed by atoms with E-state index >= 15 is 0 Å². The van der Waals surface area contributed by atoms with Crippen molar-refractivity contribution in [2.75, 3.05) is 6.54 Å². The first-order valence-electron chi connectivity index (χ1n) is 10.9. The molecular formula is C26H25BrN2O4. The second kappa shape index (κ2) is 9.06. The number of fused-ring (bicyclic) bond motifs is 1. The zero-order valence-electron chi connectivity index (χ0n) is 18.6. The summed E-state index contributed by atoms with van der Waals surface area (Å²) in [5, 5.41) is 10.9. The normalized spacial score (nSPS) is 20.4. The van der Waals surface area contributed by atoms with Gasteiger partial charge in [-0.05, 0) is 54.7 Å². The van der Waals surface area contributed by atoms with Gasteiger partial charge < -0.3 is 5.11 Å². The molecule has 0 unspecified atom stereocenters. The van der Waals surface area contributed by atoms with Crippen LogP contribution in [-0.4, -0.2) is 39.9 Å². The summed E-state index contributed by atoms with van der Waals surface area (Å²) in [5.41, 5.74) is 2.08. The number of aliphatic imine (C=N–C) groups is 1. The summed E-state index contributed by atoms with van der Waals surface area (Å²) in [6.07, 6.45) is 1.41. The number of aliphatic hydroxyl groups excluding tert-OH is 1. The molecule has 2 aromatic carbocycles. The van der Waals surface area contributed by atoms with Gasteiger partial charge in [0.25, 0.3) is 11.8 Å². The van der Waals surface area contributed by atoms with Crippen molar-refractivity contribution in [3.05, 3.63) is 75.5 Å². The van der Waals surface area contributed by atoms with Gasteiger partial charge in [0.2, 0.25) is 0 Å². The number of ketones is 1. The minimum atomic E-state index is -0.323. The number of imide groups is 1. The topological polar surface area (TPSA) is 87.0 Å². The van der Waals surface area contributed by atoms with Crippen LogP contribution in [0.3, 0.4) is 0 Å². The summed E-state index contributed by atoms with van der Waals surface area (Å²) in [7, 11) is 0. The quantitative estimate of drug-likeness (QED) is 0.314. The molecular weight excluding hydrogens is 484 g/mol. The third-order valence-corrected chi connectivity index (χ3v) is 6.43.